The molecule has 1 saturated carbocycles. The van der Waals surface area contributed by atoms with Crippen molar-refractivity contribution in [2.75, 3.05) is 6.54 Å². The smallest absolute Gasteiger partial charge is 0.0695 e. The van der Waals surface area contributed by atoms with Gasteiger partial charge in [-0.3, -0.25) is 4.68 Å². The van der Waals surface area contributed by atoms with E-state index in [1.54, 1.807) is 0 Å². The van der Waals surface area contributed by atoms with Crippen LogP contribution in [-0.4, -0.2) is 16.3 Å². The van der Waals surface area contributed by atoms with Crippen LogP contribution < -0.4 is 5.32 Å². The van der Waals surface area contributed by atoms with Gasteiger partial charge in [-0.25, -0.2) is 0 Å². The molecule has 114 valence electrons. The predicted molar refractivity (Wildman–Crippen MR) is 87.7 cm³/mol. The van der Waals surface area contributed by atoms with Crippen molar-refractivity contribution in [1.29, 1.82) is 0 Å². The Morgan fingerprint density at radius 1 is 1.35 bits per heavy atom. The first kappa shape index (κ1) is 16.0. The van der Waals surface area contributed by atoms with E-state index in [1.165, 1.54) is 44.2 Å². The number of nitrogens with zero attached hydrogens (tertiary/aromatic N) is 2. The molecule has 0 bridgehead atoms. The number of hydrogen-bond donors (Lipinski definition) is 1. The Labute approximate surface area is 131 Å². The van der Waals surface area contributed by atoms with E-state index >= 15 is 0 Å². The summed E-state index contributed by atoms with van der Waals surface area (Å²) >= 11 is 3.67. The van der Waals surface area contributed by atoms with Crippen molar-refractivity contribution in [2.45, 2.75) is 58.4 Å². The summed E-state index contributed by atoms with van der Waals surface area (Å²) in [6.45, 7) is 5.51. The summed E-state index contributed by atoms with van der Waals surface area (Å²) in [7, 11) is 2.05. The predicted octanol–water partition coefficient (Wildman–Crippen LogP) is 4.44. The molecule has 0 amide bonds. The molecule has 3 nitrogen and oxygen atoms in total. The third kappa shape index (κ3) is 3.64. The minimum Gasteiger partial charge on any atom is -0.309 e. The van der Waals surface area contributed by atoms with Crippen LogP contribution in [0.5, 0.6) is 0 Å². The highest BCUT2D eigenvalue weighted by molar-refractivity contribution is 9.10. The lowest BCUT2D eigenvalue weighted by atomic mass is 9.76. The van der Waals surface area contributed by atoms with E-state index in [9.17, 15) is 0 Å². The number of hydrogen-bond acceptors (Lipinski definition) is 2. The van der Waals surface area contributed by atoms with Gasteiger partial charge in [0.1, 0.15) is 0 Å². The van der Waals surface area contributed by atoms with Gasteiger partial charge in [-0.15, -0.1) is 0 Å². The molecule has 1 unspecified atom stereocenters. The highest BCUT2D eigenvalue weighted by Crippen LogP contribution is 2.39. The van der Waals surface area contributed by atoms with Crippen LogP contribution in [0.15, 0.2) is 10.7 Å². The average Bonchev–Trinajstić information content (AvgIpc) is 2.77. The van der Waals surface area contributed by atoms with E-state index in [-0.39, 0.29) is 0 Å². The summed E-state index contributed by atoms with van der Waals surface area (Å²) < 4.78 is 3.16. The van der Waals surface area contributed by atoms with Crippen molar-refractivity contribution in [3.05, 3.63) is 16.4 Å². The second-order valence-corrected chi connectivity index (χ2v) is 6.96. The van der Waals surface area contributed by atoms with Gasteiger partial charge in [-0.05, 0) is 47.2 Å². The number of aryl methyl sites for hydroxylation is 1. The van der Waals surface area contributed by atoms with Crippen molar-refractivity contribution in [2.24, 2.45) is 18.9 Å². The highest BCUT2D eigenvalue weighted by atomic mass is 79.9. The minimum atomic E-state index is 0.435. The first-order valence-electron chi connectivity index (χ1n) is 8.08. The summed E-state index contributed by atoms with van der Waals surface area (Å²) in [6, 6.07) is 0.435. The summed E-state index contributed by atoms with van der Waals surface area (Å²) in [4.78, 5) is 0. The molecular weight excluding hydrogens is 314 g/mol. The summed E-state index contributed by atoms with van der Waals surface area (Å²) in [5.41, 5.74) is 1.31. The molecule has 1 aromatic heterocycles. The molecule has 1 aromatic rings. The maximum atomic E-state index is 4.39. The van der Waals surface area contributed by atoms with Crippen LogP contribution in [0.2, 0.25) is 0 Å². The second-order valence-electron chi connectivity index (χ2n) is 6.11. The van der Waals surface area contributed by atoms with Crippen LogP contribution in [0, 0.1) is 11.8 Å². The van der Waals surface area contributed by atoms with Gasteiger partial charge in [0, 0.05) is 7.05 Å². The van der Waals surface area contributed by atoms with Crippen LogP contribution in [0.4, 0.5) is 0 Å². The number of aromatic nitrogens is 2. The van der Waals surface area contributed by atoms with E-state index in [0.717, 1.165) is 22.9 Å². The molecule has 4 heteroatoms. The van der Waals surface area contributed by atoms with Gasteiger partial charge >= 0.3 is 0 Å². The lowest BCUT2D eigenvalue weighted by Crippen LogP contribution is -2.32. The van der Waals surface area contributed by atoms with E-state index in [4.69, 9.17) is 0 Å². The van der Waals surface area contributed by atoms with Crippen molar-refractivity contribution in [1.82, 2.24) is 15.1 Å². The molecule has 0 radical (unpaired) electrons. The van der Waals surface area contributed by atoms with Crippen molar-refractivity contribution in [3.8, 4) is 0 Å². The molecule has 1 N–H and O–H groups in total. The normalized spacial score (nSPS) is 24.8. The maximum Gasteiger partial charge on any atom is 0.0695 e. The van der Waals surface area contributed by atoms with E-state index in [2.05, 4.69) is 40.2 Å². The third-order valence-electron chi connectivity index (χ3n) is 4.72. The lowest BCUT2D eigenvalue weighted by Gasteiger charge is -2.34. The largest absolute Gasteiger partial charge is 0.309 e. The van der Waals surface area contributed by atoms with Crippen molar-refractivity contribution in [3.63, 3.8) is 0 Å². The second kappa shape index (κ2) is 7.60. The van der Waals surface area contributed by atoms with Gasteiger partial charge < -0.3 is 5.32 Å². The van der Waals surface area contributed by atoms with E-state index in [1.807, 2.05) is 17.9 Å². The van der Waals surface area contributed by atoms with Crippen LogP contribution in [-0.2, 0) is 7.05 Å². The lowest BCUT2D eigenvalue weighted by molar-refractivity contribution is 0.210. The molecule has 1 atom stereocenters. The quantitative estimate of drug-likeness (QED) is 0.828. The molecule has 20 heavy (non-hydrogen) atoms. The zero-order chi connectivity index (χ0) is 14.5. The molecule has 0 aromatic carbocycles. The molecule has 1 heterocycles. The zero-order valence-electron chi connectivity index (χ0n) is 13.0. The van der Waals surface area contributed by atoms with Crippen LogP contribution >= 0.6 is 15.9 Å². The fourth-order valence-electron chi connectivity index (χ4n) is 3.70. The Morgan fingerprint density at radius 2 is 2.05 bits per heavy atom. The summed E-state index contributed by atoms with van der Waals surface area (Å²) in [5.74, 6) is 1.71. The molecule has 1 fully saturated rings. The monoisotopic (exact) mass is 341 g/mol. The molecule has 0 aliphatic heterocycles. The first-order chi connectivity index (χ1) is 9.67. The highest BCUT2D eigenvalue weighted by Gasteiger charge is 2.30. The molecule has 0 spiro atoms. The Balaban J connectivity index is 2.07. The zero-order valence-corrected chi connectivity index (χ0v) is 14.6. The fraction of sp³-hybridized carbons (Fsp3) is 0.812. The maximum absolute atomic E-state index is 4.39. The van der Waals surface area contributed by atoms with Crippen LogP contribution in [0.1, 0.15) is 64.1 Å². The number of nitrogens with one attached hydrogen (secondary N) is 1. The molecular formula is C16H28BrN3. The van der Waals surface area contributed by atoms with E-state index < -0.39 is 0 Å². The Bertz CT molecular complexity index is 388. The first-order valence-corrected chi connectivity index (χ1v) is 8.87. The number of halogens is 1. The standard InChI is InChI=1S/C16H28BrN3/c1-4-6-12-7-9-13(10-8-12)15(18-5-2)16-14(17)11-19-20(16)3/h11-13,15,18H,4-10H2,1-3H3. The Kier molecular flexibility index (Phi) is 6.09. The van der Waals surface area contributed by atoms with Gasteiger partial charge in [-0.2, -0.15) is 5.10 Å². The van der Waals surface area contributed by atoms with E-state index in [0.29, 0.717) is 6.04 Å². The number of rotatable bonds is 6. The topological polar surface area (TPSA) is 29.9 Å². The van der Waals surface area contributed by atoms with Gasteiger partial charge in [-0.1, -0.05) is 39.5 Å². The molecule has 1 aliphatic rings. The van der Waals surface area contributed by atoms with Crippen molar-refractivity contribution >= 4 is 15.9 Å². The fourth-order valence-corrected chi connectivity index (χ4v) is 4.29. The average molecular weight is 342 g/mol. The van der Waals surface area contributed by atoms with Gasteiger partial charge in [0.25, 0.3) is 0 Å². The Morgan fingerprint density at radius 3 is 2.55 bits per heavy atom. The van der Waals surface area contributed by atoms with Gasteiger partial charge in [0.2, 0.25) is 0 Å². The summed E-state index contributed by atoms with van der Waals surface area (Å²) in [6.07, 6.45) is 10.2. The van der Waals surface area contributed by atoms with Gasteiger partial charge in [0.15, 0.2) is 0 Å². The van der Waals surface area contributed by atoms with Crippen molar-refractivity contribution < 1.29 is 0 Å². The molecule has 0 saturated heterocycles. The molecule has 1 aliphatic carbocycles. The summed E-state index contributed by atoms with van der Waals surface area (Å²) in [5, 5.41) is 8.08. The van der Waals surface area contributed by atoms with Crippen LogP contribution in [0.25, 0.3) is 0 Å². The molecule has 2 rings (SSSR count). The third-order valence-corrected chi connectivity index (χ3v) is 5.33. The Hall–Kier alpha value is -0.350. The minimum absolute atomic E-state index is 0.435. The van der Waals surface area contributed by atoms with Gasteiger partial charge in [0.05, 0.1) is 22.4 Å². The van der Waals surface area contributed by atoms with Crippen LogP contribution in [0.3, 0.4) is 0 Å². The SMILES string of the molecule is CCCC1CCC(C(NCC)c2c(Br)cnn2C)CC1.